The van der Waals surface area contributed by atoms with Gasteiger partial charge in [-0.05, 0) is 24.0 Å². The van der Waals surface area contributed by atoms with E-state index in [1.807, 2.05) is 0 Å². The zero-order valence-electron chi connectivity index (χ0n) is 32.9. The van der Waals surface area contributed by atoms with Gasteiger partial charge in [0.05, 0.1) is 42.1 Å². The number of piperazine rings is 1. The minimum absolute atomic E-state index is 0.00115. The first kappa shape index (κ1) is 43.1. The number of fused-ring (bicyclic) bond motifs is 2. The highest BCUT2D eigenvalue weighted by molar-refractivity contribution is 6.05. The van der Waals surface area contributed by atoms with E-state index in [-0.39, 0.29) is 46.4 Å². The number of methoxy groups -OCH3 is 1. The van der Waals surface area contributed by atoms with Crippen LogP contribution in [0.3, 0.4) is 0 Å². The average Bonchev–Trinajstić information content (AvgIpc) is 3.83. The molecule has 0 unspecified atom stereocenters. The molecule has 4 aromatic heterocycles. The maximum Gasteiger partial charge on any atom is 0.390 e. The zero-order chi connectivity index (χ0) is 42.2. The lowest BCUT2D eigenvalue weighted by molar-refractivity contribution is -0.133. The molecule has 4 amide bonds. The monoisotopic (exact) mass is 810 g/mol. The molecule has 58 heavy (non-hydrogen) atoms. The second-order valence-corrected chi connectivity index (χ2v) is 15.0. The van der Waals surface area contributed by atoms with Crippen LogP contribution in [0.25, 0.3) is 22.3 Å². The van der Waals surface area contributed by atoms with E-state index in [1.54, 1.807) is 29.3 Å². The number of halogens is 3. The van der Waals surface area contributed by atoms with Crippen LogP contribution in [0.15, 0.2) is 50.1 Å². The molecule has 4 aromatic rings. The van der Waals surface area contributed by atoms with Crippen molar-refractivity contribution in [2.24, 2.45) is 5.41 Å². The molecule has 2 fully saturated rings. The Hall–Kier alpha value is -6.05. The van der Waals surface area contributed by atoms with Gasteiger partial charge in [-0.15, -0.1) is 0 Å². The van der Waals surface area contributed by atoms with Crippen LogP contribution < -0.4 is 20.9 Å². The molecule has 0 saturated carbocycles. The third kappa shape index (κ3) is 11.1. The summed E-state index contributed by atoms with van der Waals surface area (Å²) in [6.45, 7) is 16.7. The molecule has 0 spiro atoms. The first-order chi connectivity index (χ1) is 27.5. The molecular weight excluding hydrogens is 761 g/mol. The van der Waals surface area contributed by atoms with Gasteiger partial charge in [-0.2, -0.15) is 13.2 Å². The highest BCUT2D eigenvalue weighted by atomic mass is 19.4. The van der Waals surface area contributed by atoms with Crippen molar-refractivity contribution < 1.29 is 37.1 Å². The Morgan fingerprint density at radius 2 is 1.45 bits per heavy atom. The Kier molecular flexibility index (Phi) is 13.7. The summed E-state index contributed by atoms with van der Waals surface area (Å²) in [4.78, 5) is 77.3. The van der Waals surface area contributed by atoms with Crippen LogP contribution >= 0.6 is 0 Å². The second kappa shape index (κ2) is 18.5. The van der Waals surface area contributed by atoms with E-state index < -0.39 is 25.0 Å². The summed E-state index contributed by atoms with van der Waals surface area (Å²) in [7, 11) is 1.55. The quantitative estimate of drug-likeness (QED) is 0.139. The Morgan fingerprint density at radius 1 is 0.862 bits per heavy atom. The fourth-order valence-electron chi connectivity index (χ4n) is 6.32. The lowest BCUT2D eigenvalue weighted by Crippen LogP contribution is -2.52. The molecule has 2 aliphatic heterocycles. The van der Waals surface area contributed by atoms with Crippen molar-refractivity contribution in [3.63, 3.8) is 0 Å². The van der Waals surface area contributed by atoms with Crippen molar-refractivity contribution in [2.45, 2.75) is 51.9 Å². The van der Waals surface area contributed by atoms with Crippen LogP contribution in [0.1, 0.15) is 54.3 Å². The van der Waals surface area contributed by atoms with Crippen molar-refractivity contribution in [3.05, 3.63) is 61.2 Å². The lowest BCUT2D eigenvalue weighted by atomic mass is 9.97. The summed E-state index contributed by atoms with van der Waals surface area (Å²) < 4.78 is 42.4. The first-order valence-electron chi connectivity index (χ1n) is 18.7. The van der Waals surface area contributed by atoms with Crippen molar-refractivity contribution in [3.8, 4) is 0 Å². The van der Waals surface area contributed by atoms with E-state index in [1.165, 1.54) is 24.5 Å². The number of hydrogen-bond acceptors (Lipinski definition) is 11. The average molecular weight is 811 g/mol. The number of amides is 4. The Morgan fingerprint density at radius 3 is 2.03 bits per heavy atom. The number of rotatable bonds is 11. The van der Waals surface area contributed by atoms with Crippen molar-refractivity contribution in [2.75, 3.05) is 69.7 Å². The van der Waals surface area contributed by atoms with Crippen LogP contribution in [0.5, 0.6) is 0 Å². The van der Waals surface area contributed by atoms with Crippen LogP contribution in [-0.4, -0.2) is 141 Å². The number of likely N-dealkylation sites (tertiary alicyclic amines) is 1. The molecule has 2 aliphatic rings. The van der Waals surface area contributed by atoms with Gasteiger partial charge in [0.15, 0.2) is 11.3 Å². The second-order valence-electron chi connectivity index (χ2n) is 15.0. The number of nitrogens with one attached hydrogen (secondary N) is 5. The van der Waals surface area contributed by atoms with Crippen LogP contribution in [0.2, 0.25) is 0 Å². The standard InChI is InChI=1S/C19H23F3N6O3.C19H26N6O2/c1-3-15(29)28-7-4-12(13(10-28)31-2)26-14-9-25-17-16(27-14)11(8-24-17)18(30)23-6-5-19(20,21)22;1-5-15(26)25-8-6-24(7-9-25)14-11-21-17-16(23-14)13(10-20-17)18(27)22-12-19(2,3)4/h3,8-9,12-13H,1,4-7,10H2,2H3,(H,23,30)(H,24,25)(H,26,27);5,10-11H,1,6-9,12H2,2-4H3,(H,20,21)(H,22,27)/t12-,13+;/m0./s1. The first-order valence-corrected chi connectivity index (χ1v) is 18.7. The summed E-state index contributed by atoms with van der Waals surface area (Å²) in [6, 6.07) is -0.159. The van der Waals surface area contributed by atoms with Crippen LogP contribution in [-0.2, 0) is 14.3 Å². The van der Waals surface area contributed by atoms with Crippen molar-refractivity contribution in [1.29, 1.82) is 0 Å². The molecule has 6 heterocycles. The summed E-state index contributed by atoms with van der Waals surface area (Å²) in [5.41, 5.74) is 2.31. The zero-order valence-corrected chi connectivity index (χ0v) is 32.9. The van der Waals surface area contributed by atoms with E-state index in [9.17, 15) is 32.3 Å². The number of ether oxygens (including phenoxy) is 1. The van der Waals surface area contributed by atoms with Gasteiger partial charge in [-0.1, -0.05) is 33.9 Å². The molecule has 0 aliphatic carbocycles. The number of aromatic amines is 2. The molecule has 5 N–H and O–H groups in total. The summed E-state index contributed by atoms with van der Waals surface area (Å²) in [5, 5.41) is 8.40. The third-order valence-electron chi connectivity index (χ3n) is 9.48. The van der Waals surface area contributed by atoms with Gasteiger partial charge in [-0.25, -0.2) is 19.9 Å². The predicted octanol–water partition coefficient (Wildman–Crippen LogP) is 3.42. The van der Waals surface area contributed by atoms with Gasteiger partial charge in [0.1, 0.15) is 22.7 Å². The van der Waals surface area contributed by atoms with E-state index >= 15 is 0 Å². The van der Waals surface area contributed by atoms with E-state index in [4.69, 9.17) is 4.74 Å². The summed E-state index contributed by atoms with van der Waals surface area (Å²) in [5.74, 6) is 0.0245. The van der Waals surface area contributed by atoms with E-state index in [0.717, 1.165) is 0 Å². The van der Waals surface area contributed by atoms with Crippen LogP contribution in [0.4, 0.5) is 24.8 Å². The Balaban J connectivity index is 0.000000223. The summed E-state index contributed by atoms with van der Waals surface area (Å²) in [6.07, 6.45) is 3.60. The van der Waals surface area contributed by atoms with E-state index in [0.29, 0.717) is 86.2 Å². The number of aromatic nitrogens is 6. The largest absolute Gasteiger partial charge is 0.390 e. The molecule has 2 atom stereocenters. The Labute approximate surface area is 332 Å². The number of anilines is 2. The molecule has 20 heteroatoms. The van der Waals surface area contributed by atoms with Crippen LogP contribution in [0, 0.1) is 5.41 Å². The predicted molar refractivity (Wildman–Crippen MR) is 211 cm³/mol. The number of H-pyrrole nitrogens is 2. The normalized spacial score (nSPS) is 17.3. The number of carbonyl (C=O) groups excluding carboxylic acids is 4. The molecule has 0 aromatic carbocycles. The number of hydrogen-bond donors (Lipinski definition) is 5. The topological polar surface area (TPSA) is 206 Å². The molecule has 0 bridgehead atoms. The molecule has 0 radical (unpaired) electrons. The van der Waals surface area contributed by atoms with Gasteiger partial charge in [0.25, 0.3) is 11.8 Å². The number of piperidine rings is 1. The Bertz CT molecular complexity index is 2120. The van der Waals surface area contributed by atoms with Gasteiger partial charge in [0.2, 0.25) is 11.8 Å². The highest BCUT2D eigenvalue weighted by Gasteiger charge is 2.32. The van der Waals surface area contributed by atoms with Gasteiger partial charge in [0, 0.05) is 71.9 Å². The van der Waals surface area contributed by atoms with Crippen molar-refractivity contribution >= 4 is 57.6 Å². The third-order valence-corrected chi connectivity index (χ3v) is 9.48. The maximum absolute atomic E-state index is 12.5. The molecule has 312 valence electrons. The fourth-order valence-corrected chi connectivity index (χ4v) is 6.32. The highest BCUT2D eigenvalue weighted by Crippen LogP contribution is 2.23. The number of alkyl halides is 3. The maximum atomic E-state index is 12.5. The van der Waals surface area contributed by atoms with Crippen molar-refractivity contribution in [1.82, 2.24) is 50.3 Å². The number of nitrogens with zero attached hydrogens (tertiary/aromatic N) is 7. The minimum Gasteiger partial charge on any atom is -0.377 e. The molecule has 6 rings (SSSR count). The molecule has 17 nitrogen and oxygen atoms in total. The fraction of sp³-hybridized carbons (Fsp3) is 0.474. The lowest BCUT2D eigenvalue weighted by Gasteiger charge is -2.37. The smallest absolute Gasteiger partial charge is 0.377 e. The minimum atomic E-state index is -4.35. The SMILES string of the molecule is C=CC(=O)N1CCN(c2cnc3[nH]cc(C(=O)NCC(C)(C)C)c3n2)CC1.C=CC(=O)N1CC[C@H](Nc2cnc3[nH]cc(C(=O)NCCC(F)(F)F)c3n2)[C@H](OC)C1. The van der Waals surface area contributed by atoms with E-state index in [2.05, 4.69) is 84.7 Å². The molecular formula is C38H49F3N12O5. The number of carbonyl (C=O) groups is 4. The summed E-state index contributed by atoms with van der Waals surface area (Å²) >= 11 is 0. The van der Waals surface area contributed by atoms with Gasteiger partial charge < -0.3 is 45.4 Å². The van der Waals surface area contributed by atoms with Gasteiger partial charge >= 0.3 is 6.18 Å². The molecule has 2 saturated heterocycles. The van der Waals surface area contributed by atoms with Gasteiger partial charge in [-0.3, -0.25) is 19.2 Å².